The van der Waals surface area contributed by atoms with Crippen LogP contribution in [-0.4, -0.2) is 39.7 Å². The summed E-state index contributed by atoms with van der Waals surface area (Å²) in [6, 6.07) is 4.36. The lowest BCUT2D eigenvalue weighted by Gasteiger charge is -1.99. The van der Waals surface area contributed by atoms with Gasteiger partial charge in [-0.1, -0.05) is 12.1 Å². The Morgan fingerprint density at radius 3 is 2.25 bits per heavy atom. The highest BCUT2D eigenvalue weighted by molar-refractivity contribution is 6.23. The predicted molar refractivity (Wildman–Crippen MR) is 65.6 cm³/mol. The maximum absolute atomic E-state index is 12.9. The maximum Gasteiger partial charge on any atom is 0.154 e. The summed E-state index contributed by atoms with van der Waals surface area (Å²) in [6.45, 7) is 1.64. The Morgan fingerprint density at radius 2 is 1.88 bits per heavy atom. The molecule has 16 heavy (non-hydrogen) atoms. The molecule has 0 N–H and O–H groups in total. The molecule has 1 aromatic carbocycles. The molecule has 0 aliphatic rings. The molecular weight excluding hydrogens is 204 g/mol. The molecule has 0 spiro atoms. The van der Waals surface area contributed by atoms with Gasteiger partial charge < -0.3 is 4.90 Å². The molecule has 0 saturated heterocycles. The average molecular weight is 221 g/mol. The van der Waals surface area contributed by atoms with Gasteiger partial charge in [-0.15, -0.1) is 0 Å². The Hall–Kier alpha value is -1.16. The van der Waals surface area contributed by atoms with E-state index in [-0.39, 0.29) is 17.9 Å². The second kappa shape index (κ2) is 7.17. The first-order valence-electron chi connectivity index (χ1n) is 4.98. The molecule has 1 rings (SSSR count). The lowest BCUT2D eigenvalue weighted by atomic mass is 9.95. The normalized spacial score (nSPS) is 9.62. The van der Waals surface area contributed by atoms with Crippen molar-refractivity contribution in [1.29, 1.82) is 0 Å². The molecule has 0 fully saturated rings. The van der Waals surface area contributed by atoms with Crippen LogP contribution in [-0.2, 0) is 0 Å². The SMILES string of the molecule is CN(C)C.[B]CC(=O)c1ccc(C)c(F)c1. The van der Waals surface area contributed by atoms with Gasteiger partial charge in [0.05, 0.1) is 7.85 Å². The van der Waals surface area contributed by atoms with Crippen molar-refractivity contribution < 1.29 is 9.18 Å². The zero-order valence-electron chi connectivity index (χ0n) is 10.2. The molecule has 2 nitrogen and oxygen atoms in total. The first-order chi connectivity index (χ1) is 7.38. The van der Waals surface area contributed by atoms with Crippen molar-refractivity contribution in [2.45, 2.75) is 13.2 Å². The predicted octanol–water partition coefficient (Wildman–Crippen LogP) is 2.08. The van der Waals surface area contributed by atoms with E-state index in [9.17, 15) is 9.18 Å². The topological polar surface area (TPSA) is 20.3 Å². The van der Waals surface area contributed by atoms with E-state index < -0.39 is 0 Å². The number of aryl methyl sites for hydroxylation is 1. The van der Waals surface area contributed by atoms with Gasteiger partial charge in [0, 0.05) is 5.56 Å². The van der Waals surface area contributed by atoms with Gasteiger partial charge in [-0.05, 0) is 46.0 Å². The van der Waals surface area contributed by atoms with E-state index in [0.717, 1.165) is 0 Å². The molecule has 86 valence electrons. The van der Waals surface area contributed by atoms with Crippen molar-refractivity contribution in [2.24, 2.45) is 0 Å². The molecule has 0 amide bonds. The minimum atomic E-state index is -0.366. The lowest BCUT2D eigenvalue weighted by molar-refractivity contribution is 0.101. The van der Waals surface area contributed by atoms with E-state index in [4.69, 9.17) is 7.85 Å². The number of hydrogen-bond acceptors (Lipinski definition) is 2. The molecule has 0 saturated carbocycles. The van der Waals surface area contributed by atoms with Crippen molar-refractivity contribution in [3.63, 3.8) is 0 Å². The summed E-state index contributed by atoms with van der Waals surface area (Å²) >= 11 is 0. The number of ketones is 1. The zero-order valence-corrected chi connectivity index (χ0v) is 10.2. The number of benzene rings is 1. The number of hydrogen-bond donors (Lipinski definition) is 0. The second-order valence-electron chi connectivity index (χ2n) is 3.93. The minimum absolute atomic E-state index is 0.0809. The fourth-order valence-electron chi connectivity index (χ4n) is 0.884. The van der Waals surface area contributed by atoms with Crippen LogP contribution in [0, 0.1) is 12.7 Å². The highest BCUT2D eigenvalue weighted by Gasteiger charge is 2.04. The van der Waals surface area contributed by atoms with Crippen molar-refractivity contribution >= 4 is 13.6 Å². The van der Waals surface area contributed by atoms with Gasteiger partial charge in [-0.2, -0.15) is 0 Å². The summed E-state index contributed by atoms with van der Waals surface area (Å²) in [5.74, 6) is -0.608. The van der Waals surface area contributed by atoms with Crippen LogP contribution in [0.25, 0.3) is 0 Å². The largest absolute Gasteiger partial charge is 0.312 e. The quantitative estimate of drug-likeness (QED) is 0.562. The molecule has 0 aliphatic heterocycles. The van der Waals surface area contributed by atoms with Gasteiger partial charge in [0.25, 0.3) is 0 Å². The Morgan fingerprint density at radius 1 is 1.38 bits per heavy atom. The summed E-state index contributed by atoms with van der Waals surface area (Å²) in [7, 11) is 11.1. The fraction of sp³-hybridized carbons (Fsp3) is 0.417. The fourth-order valence-corrected chi connectivity index (χ4v) is 0.884. The van der Waals surface area contributed by atoms with Gasteiger partial charge in [0.15, 0.2) is 5.78 Å². The summed E-state index contributed by atoms with van der Waals surface area (Å²) in [4.78, 5) is 13.0. The van der Waals surface area contributed by atoms with Crippen molar-refractivity contribution in [3.8, 4) is 0 Å². The third-order valence-corrected chi connectivity index (χ3v) is 1.68. The molecule has 0 aliphatic carbocycles. The molecule has 2 radical (unpaired) electrons. The maximum atomic E-state index is 12.9. The van der Waals surface area contributed by atoms with Crippen molar-refractivity contribution in [1.82, 2.24) is 4.90 Å². The van der Waals surface area contributed by atoms with Crippen molar-refractivity contribution in [3.05, 3.63) is 35.1 Å². The highest BCUT2D eigenvalue weighted by Crippen LogP contribution is 2.10. The van der Waals surface area contributed by atoms with Gasteiger partial charge >= 0.3 is 0 Å². The molecule has 0 unspecified atom stereocenters. The summed E-state index contributed by atoms with van der Waals surface area (Å²) < 4.78 is 12.9. The number of carbonyl (C=O) groups is 1. The first-order valence-corrected chi connectivity index (χ1v) is 4.98. The number of Topliss-reactive ketones (excluding diaryl/α,β-unsaturated/α-hetero) is 1. The average Bonchev–Trinajstić information content (AvgIpc) is 2.20. The number of nitrogens with zero attached hydrogens (tertiary/aromatic N) is 1. The summed E-state index contributed by atoms with van der Waals surface area (Å²) in [6.07, 6.45) is -0.0809. The van der Waals surface area contributed by atoms with Crippen LogP contribution in [0.5, 0.6) is 0 Å². The van der Waals surface area contributed by atoms with E-state index in [1.165, 1.54) is 6.07 Å². The Bertz CT molecular complexity index is 350. The van der Waals surface area contributed by atoms with Crippen LogP contribution in [0.1, 0.15) is 15.9 Å². The van der Waals surface area contributed by atoms with Gasteiger partial charge in [0.1, 0.15) is 5.82 Å². The van der Waals surface area contributed by atoms with Crippen LogP contribution >= 0.6 is 0 Å². The molecule has 0 bridgehead atoms. The van der Waals surface area contributed by atoms with Crippen molar-refractivity contribution in [2.75, 3.05) is 21.1 Å². The van der Waals surface area contributed by atoms with E-state index in [0.29, 0.717) is 11.1 Å². The van der Waals surface area contributed by atoms with Gasteiger partial charge in [-0.3, -0.25) is 4.79 Å². The van der Waals surface area contributed by atoms with Crippen LogP contribution in [0.2, 0.25) is 6.32 Å². The number of rotatable bonds is 2. The highest BCUT2D eigenvalue weighted by atomic mass is 19.1. The second-order valence-corrected chi connectivity index (χ2v) is 3.93. The van der Waals surface area contributed by atoms with E-state index in [2.05, 4.69) is 0 Å². The monoisotopic (exact) mass is 221 g/mol. The first kappa shape index (κ1) is 14.8. The third kappa shape index (κ3) is 5.66. The van der Waals surface area contributed by atoms with Crippen LogP contribution in [0.4, 0.5) is 4.39 Å². The van der Waals surface area contributed by atoms with Gasteiger partial charge in [0.2, 0.25) is 0 Å². The Balaban J connectivity index is 0.000000487. The molecular formula is C12H17BFNO. The summed E-state index contributed by atoms with van der Waals surface area (Å²) in [5, 5.41) is 0. The van der Waals surface area contributed by atoms with E-state index in [1.54, 1.807) is 19.1 Å². The van der Waals surface area contributed by atoms with Crippen LogP contribution in [0.3, 0.4) is 0 Å². The number of halogens is 1. The summed E-state index contributed by atoms with van der Waals surface area (Å²) in [5.41, 5.74) is 0.865. The number of carbonyl (C=O) groups excluding carboxylic acids is 1. The zero-order chi connectivity index (χ0) is 12.7. The minimum Gasteiger partial charge on any atom is -0.312 e. The molecule has 1 aromatic rings. The molecule has 4 heteroatoms. The van der Waals surface area contributed by atoms with Crippen LogP contribution < -0.4 is 0 Å². The van der Waals surface area contributed by atoms with Gasteiger partial charge in [-0.25, -0.2) is 4.39 Å². The smallest absolute Gasteiger partial charge is 0.154 e. The van der Waals surface area contributed by atoms with E-state index in [1.807, 2.05) is 26.0 Å². The molecule has 0 heterocycles. The standard InChI is InChI=1S/C9H8BFO.C3H9N/c1-6-2-3-7(4-8(6)11)9(12)5-10;1-4(2)3/h2-4H,5H2,1H3;1-3H3. The lowest BCUT2D eigenvalue weighted by Crippen LogP contribution is -1.99. The molecule has 0 aromatic heterocycles. The van der Waals surface area contributed by atoms with E-state index >= 15 is 0 Å². The Labute approximate surface area is 97.9 Å². The Kier molecular flexibility index (Phi) is 6.66. The molecule has 0 atom stereocenters. The third-order valence-electron chi connectivity index (χ3n) is 1.68. The van der Waals surface area contributed by atoms with Crippen LogP contribution in [0.15, 0.2) is 18.2 Å².